The molecule has 0 aromatic carbocycles. The van der Waals surface area contributed by atoms with Crippen molar-refractivity contribution >= 4 is 0 Å². The summed E-state index contributed by atoms with van der Waals surface area (Å²) < 4.78 is 8.08. The van der Waals surface area contributed by atoms with E-state index in [2.05, 4.69) is 32.0 Å². The second kappa shape index (κ2) is 6.85. The highest BCUT2D eigenvalue weighted by molar-refractivity contribution is 4.96. The molecule has 0 amide bonds. The van der Waals surface area contributed by atoms with Crippen LogP contribution in [-0.2, 0) is 4.74 Å². The second-order valence-corrected chi connectivity index (χ2v) is 7.54. The van der Waals surface area contributed by atoms with E-state index in [4.69, 9.17) is 4.74 Å². The third kappa shape index (κ3) is 3.15. The maximum atomic E-state index is 5.95. The highest BCUT2D eigenvalue weighted by Crippen LogP contribution is 2.34. The molecule has 1 aromatic rings. The first-order valence-electron chi connectivity index (χ1n) is 9.46. The fraction of sp³-hybridized carbons (Fsp3) is 0.941. The Morgan fingerprint density at radius 1 is 1.09 bits per heavy atom. The lowest BCUT2D eigenvalue weighted by Gasteiger charge is -2.43. The highest BCUT2D eigenvalue weighted by atomic mass is 16.5. The van der Waals surface area contributed by atoms with Crippen LogP contribution in [0.15, 0.2) is 0 Å². The number of hydrogen-bond donors (Lipinski definition) is 0. The molecule has 3 heterocycles. The molecule has 1 aliphatic carbocycles. The first kappa shape index (κ1) is 15.5. The molecule has 3 fully saturated rings. The number of likely N-dealkylation sites (tertiary alicyclic amines) is 1. The quantitative estimate of drug-likeness (QED) is 0.857. The van der Waals surface area contributed by atoms with Gasteiger partial charge in [0.05, 0.1) is 18.2 Å². The van der Waals surface area contributed by atoms with Crippen LogP contribution in [0.25, 0.3) is 0 Å². The van der Waals surface area contributed by atoms with Gasteiger partial charge in [0.25, 0.3) is 0 Å². The number of ether oxygens (including phenoxy) is 1. The van der Waals surface area contributed by atoms with E-state index in [-0.39, 0.29) is 0 Å². The molecule has 0 spiro atoms. The van der Waals surface area contributed by atoms with E-state index in [1.807, 2.05) is 0 Å². The molecule has 6 nitrogen and oxygen atoms in total. The lowest BCUT2D eigenvalue weighted by Crippen LogP contribution is -2.47. The summed E-state index contributed by atoms with van der Waals surface area (Å²) in [5, 5.41) is 12.7. The second-order valence-electron chi connectivity index (χ2n) is 7.54. The van der Waals surface area contributed by atoms with Gasteiger partial charge >= 0.3 is 0 Å². The minimum Gasteiger partial charge on any atom is -0.378 e. The van der Waals surface area contributed by atoms with Crippen LogP contribution >= 0.6 is 0 Å². The molecule has 6 heteroatoms. The molecule has 1 saturated carbocycles. The molecule has 2 saturated heterocycles. The fourth-order valence-corrected chi connectivity index (χ4v) is 4.69. The van der Waals surface area contributed by atoms with Crippen molar-refractivity contribution < 1.29 is 4.74 Å². The smallest absolute Gasteiger partial charge is 0.168 e. The van der Waals surface area contributed by atoms with Crippen molar-refractivity contribution in [2.75, 3.05) is 19.7 Å². The third-order valence-corrected chi connectivity index (χ3v) is 6.11. The first-order chi connectivity index (χ1) is 11.3. The van der Waals surface area contributed by atoms with Crippen LogP contribution in [0, 0.1) is 5.92 Å². The average Bonchev–Trinajstić information content (AvgIpc) is 3.11. The SMILES string of the molecule is C[C@H](c1nnnn1C1CCCCC1)N1CC[C@H]2OCCC[C@H]2C1. The normalized spacial score (nSPS) is 31.7. The summed E-state index contributed by atoms with van der Waals surface area (Å²) in [6.45, 7) is 5.45. The zero-order chi connectivity index (χ0) is 15.6. The Balaban J connectivity index is 1.46. The van der Waals surface area contributed by atoms with Crippen LogP contribution < -0.4 is 0 Å². The third-order valence-electron chi connectivity index (χ3n) is 6.11. The lowest BCUT2D eigenvalue weighted by molar-refractivity contribution is -0.0734. The summed E-state index contributed by atoms with van der Waals surface area (Å²) in [6.07, 6.45) is 10.6. The van der Waals surface area contributed by atoms with Gasteiger partial charge in [-0.05, 0) is 55.4 Å². The summed E-state index contributed by atoms with van der Waals surface area (Å²) >= 11 is 0. The van der Waals surface area contributed by atoms with E-state index in [1.54, 1.807) is 0 Å². The van der Waals surface area contributed by atoms with Gasteiger partial charge in [-0.2, -0.15) is 0 Å². The molecule has 4 rings (SSSR count). The molecule has 3 atom stereocenters. The summed E-state index contributed by atoms with van der Waals surface area (Å²) in [6, 6.07) is 0.807. The zero-order valence-corrected chi connectivity index (χ0v) is 14.2. The number of tetrazole rings is 1. The van der Waals surface area contributed by atoms with E-state index in [1.165, 1.54) is 44.9 Å². The molecule has 0 unspecified atom stereocenters. The van der Waals surface area contributed by atoms with E-state index in [0.717, 1.165) is 31.9 Å². The number of nitrogens with zero attached hydrogens (tertiary/aromatic N) is 5. The Kier molecular flexibility index (Phi) is 4.62. The van der Waals surface area contributed by atoms with Gasteiger partial charge in [0, 0.05) is 19.7 Å². The predicted molar refractivity (Wildman–Crippen MR) is 87.0 cm³/mol. The molecular weight excluding hydrogens is 290 g/mol. The Labute approximate surface area is 138 Å². The average molecular weight is 319 g/mol. The Morgan fingerprint density at radius 2 is 1.96 bits per heavy atom. The standard InChI is InChI=1S/C17H29N5O/c1-13(21-10-9-16-14(12-21)6-5-11-23-16)17-18-19-20-22(17)15-7-3-2-4-8-15/h13-16H,2-12H2,1H3/t13-,14+,16-/m1/s1. The molecule has 0 radical (unpaired) electrons. The van der Waals surface area contributed by atoms with Crippen LogP contribution in [0.5, 0.6) is 0 Å². The van der Waals surface area contributed by atoms with Gasteiger partial charge in [0.2, 0.25) is 0 Å². The van der Waals surface area contributed by atoms with E-state index in [9.17, 15) is 0 Å². The summed E-state index contributed by atoms with van der Waals surface area (Å²) in [4.78, 5) is 2.57. The van der Waals surface area contributed by atoms with E-state index < -0.39 is 0 Å². The monoisotopic (exact) mass is 319 g/mol. The molecule has 0 bridgehead atoms. The fourth-order valence-electron chi connectivity index (χ4n) is 4.69. The van der Waals surface area contributed by atoms with Crippen molar-refractivity contribution in [1.29, 1.82) is 0 Å². The minimum atomic E-state index is 0.301. The summed E-state index contributed by atoms with van der Waals surface area (Å²) in [7, 11) is 0. The number of hydrogen-bond acceptors (Lipinski definition) is 5. The topological polar surface area (TPSA) is 56.1 Å². The largest absolute Gasteiger partial charge is 0.378 e. The van der Waals surface area contributed by atoms with Gasteiger partial charge in [0.15, 0.2) is 5.82 Å². The molecule has 3 aliphatic rings. The summed E-state index contributed by atoms with van der Waals surface area (Å²) in [5.41, 5.74) is 0. The molecule has 0 N–H and O–H groups in total. The predicted octanol–water partition coefficient (Wildman–Crippen LogP) is 2.74. The van der Waals surface area contributed by atoms with E-state index >= 15 is 0 Å². The van der Waals surface area contributed by atoms with Gasteiger partial charge in [-0.15, -0.1) is 5.10 Å². The number of piperidine rings is 1. The maximum Gasteiger partial charge on any atom is 0.168 e. The first-order valence-corrected chi connectivity index (χ1v) is 9.46. The van der Waals surface area contributed by atoms with E-state index in [0.29, 0.717) is 24.1 Å². The van der Waals surface area contributed by atoms with Crippen molar-refractivity contribution in [3.05, 3.63) is 5.82 Å². The van der Waals surface area contributed by atoms with Crippen molar-refractivity contribution in [3.8, 4) is 0 Å². The van der Waals surface area contributed by atoms with Gasteiger partial charge in [0.1, 0.15) is 0 Å². The summed E-state index contributed by atoms with van der Waals surface area (Å²) in [5.74, 6) is 1.76. The Morgan fingerprint density at radius 3 is 2.83 bits per heavy atom. The molecule has 2 aliphatic heterocycles. The van der Waals surface area contributed by atoms with Crippen LogP contribution in [0.4, 0.5) is 0 Å². The van der Waals surface area contributed by atoms with Crippen LogP contribution in [0.1, 0.15) is 76.2 Å². The van der Waals surface area contributed by atoms with Gasteiger partial charge in [-0.1, -0.05) is 19.3 Å². The van der Waals surface area contributed by atoms with Crippen molar-refractivity contribution in [2.24, 2.45) is 5.92 Å². The van der Waals surface area contributed by atoms with Crippen molar-refractivity contribution in [3.63, 3.8) is 0 Å². The van der Waals surface area contributed by atoms with Crippen LogP contribution in [-0.4, -0.2) is 50.9 Å². The number of fused-ring (bicyclic) bond motifs is 1. The van der Waals surface area contributed by atoms with Gasteiger partial charge in [-0.25, -0.2) is 4.68 Å². The highest BCUT2D eigenvalue weighted by Gasteiger charge is 2.35. The number of rotatable bonds is 3. The Hall–Kier alpha value is -1.01. The molecule has 23 heavy (non-hydrogen) atoms. The molecular formula is C17H29N5O. The van der Waals surface area contributed by atoms with Crippen LogP contribution in [0.2, 0.25) is 0 Å². The zero-order valence-electron chi connectivity index (χ0n) is 14.2. The lowest BCUT2D eigenvalue weighted by atomic mass is 9.88. The minimum absolute atomic E-state index is 0.301. The number of aromatic nitrogens is 4. The van der Waals surface area contributed by atoms with Gasteiger partial charge in [-0.3, -0.25) is 4.90 Å². The Bertz CT molecular complexity index is 513. The van der Waals surface area contributed by atoms with Gasteiger partial charge < -0.3 is 4.74 Å². The maximum absolute atomic E-state index is 5.95. The molecule has 128 valence electrons. The van der Waals surface area contributed by atoms with Crippen LogP contribution in [0.3, 0.4) is 0 Å². The van der Waals surface area contributed by atoms with Crippen molar-refractivity contribution in [2.45, 2.75) is 76.5 Å². The molecule has 1 aromatic heterocycles. The van der Waals surface area contributed by atoms with Crippen molar-refractivity contribution in [1.82, 2.24) is 25.1 Å².